The van der Waals surface area contributed by atoms with Crippen LogP contribution in [-0.2, 0) is 6.42 Å². The lowest BCUT2D eigenvalue weighted by molar-refractivity contribution is 1.20. The zero-order valence-corrected chi connectivity index (χ0v) is 13.9. The van der Waals surface area contributed by atoms with Crippen LogP contribution in [0, 0.1) is 6.92 Å². The highest BCUT2D eigenvalue weighted by molar-refractivity contribution is 6.05. The maximum atomic E-state index is 4.13. The molecule has 1 heteroatoms. The molecule has 1 fully saturated rings. The first-order valence-corrected chi connectivity index (χ1v) is 7.87. The molecule has 0 N–H and O–H groups in total. The molecule has 0 aromatic heterocycles. The molecule has 22 heavy (non-hydrogen) atoms. The third kappa shape index (κ3) is 7.03. The van der Waals surface area contributed by atoms with E-state index in [9.17, 15) is 0 Å². The van der Waals surface area contributed by atoms with Gasteiger partial charge in [-0.2, -0.15) is 0 Å². The van der Waals surface area contributed by atoms with Crippen molar-refractivity contribution < 1.29 is 0 Å². The highest BCUT2D eigenvalue weighted by Gasteiger charge is 1.98. The van der Waals surface area contributed by atoms with Crippen molar-refractivity contribution in [1.29, 1.82) is 0 Å². The van der Waals surface area contributed by atoms with Gasteiger partial charge in [-0.1, -0.05) is 61.8 Å². The standard InChI is InChI=1S/C16H17N.C3H6.C2H4/c1-13-5-3-4-6-15(13)10-7-14-8-11-16(17-2)12-9-14;1-2-3-1;1-2/h3-9,11-12H,10H2,1-2H3;1-3H2;1-2H2. The summed E-state index contributed by atoms with van der Waals surface area (Å²) in [6.07, 6.45) is 16.0. The third-order valence-corrected chi connectivity index (χ3v) is 3.32. The Labute approximate surface area is 135 Å². The molecule has 1 saturated carbocycles. The van der Waals surface area contributed by atoms with Gasteiger partial charge in [-0.15, -0.1) is 13.2 Å². The van der Waals surface area contributed by atoms with Crippen LogP contribution >= 0.6 is 0 Å². The summed E-state index contributed by atoms with van der Waals surface area (Å²) < 4.78 is 0. The second-order valence-corrected chi connectivity index (χ2v) is 5.21. The SMILES string of the molecule is C1CC1.C=C.CN=C1C=CC(=CCc2ccccc2C)C=C1. The van der Waals surface area contributed by atoms with E-state index in [1.807, 2.05) is 19.2 Å². The van der Waals surface area contributed by atoms with Crippen molar-refractivity contribution in [3.63, 3.8) is 0 Å². The van der Waals surface area contributed by atoms with Crippen LogP contribution < -0.4 is 0 Å². The Hall–Kier alpha value is -2.15. The number of aryl methyl sites for hydroxylation is 1. The van der Waals surface area contributed by atoms with Gasteiger partial charge in [-0.25, -0.2) is 0 Å². The Balaban J connectivity index is 0.000000419. The van der Waals surface area contributed by atoms with Crippen LogP contribution in [0.3, 0.4) is 0 Å². The van der Waals surface area contributed by atoms with Gasteiger partial charge in [-0.05, 0) is 42.2 Å². The summed E-state index contributed by atoms with van der Waals surface area (Å²) in [6.45, 7) is 8.15. The Kier molecular flexibility index (Phi) is 8.59. The number of hydrogen-bond acceptors (Lipinski definition) is 1. The molecule has 0 heterocycles. The monoisotopic (exact) mass is 293 g/mol. The van der Waals surface area contributed by atoms with Crippen LogP contribution in [0.4, 0.5) is 0 Å². The third-order valence-electron chi connectivity index (χ3n) is 3.32. The van der Waals surface area contributed by atoms with Gasteiger partial charge in [0.1, 0.15) is 0 Å². The van der Waals surface area contributed by atoms with Gasteiger partial charge in [-0.3, -0.25) is 4.99 Å². The molecule has 116 valence electrons. The molecule has 0 aliphatic heterocycles. The summed E-state index contributed by atoms with van der Waals surface area (Å²) in [5, 5.41) is 0. The van der Waals surface area contributed by atoms with E-state index in [1.165, 1.54) is 36.0 Å². The van der Waals surface area contributed by atoms with Crippen LogP contribution in [0.2, 0.25) is 0 Å². The lowest BCUT2D eigenvalue weighted by atomic mass is 10.0. The summed E-state index contributed by atoms with van der Waals surface area (Å²) in [6, 6.07) is 8.51. The topological polar surface area (TPSA) is 12.4 Å². The molecule has 1 aromatic carbocycles. The average molecular weight is 293 g/mol. The molecular weight excluding hydrogens is 266 g/mol. The highest BCUT2D eigenvalue weighted by atomic mass is 14.7. The molecule has 0 saturated heterocycles. The molecule has 0 amide bonds. The first-order valence-electron chi connectivity index (χ1n) is 7.87. The van der Waals surface area contributed by atoms with Gasteiger partial charge in [0.25, 0.3) is 0 Å². The summed E-state index contributed by atoms with van der Waals surface area (Å²) in [7, 11) is 1.81. The van der Waals surface area contributed by atoms with E-state index < -0.39 is 0 Å². The molecule has 0 spiro atoms. The first kappa shape index (κ1) is 17.9. The Morgan fingerprint density at radius 1 is 1.00 bits per heavy atom. The fourth-order valence-electron chi connectivity index (χ4n) is 1.83. The van der Waals surface area contributed by atoms with Gasteiger partial charge in [0, 0.05) is 7.05 Å². The first-order chi connectivity index (χ1) is 10.8. The van der Waals surface area contributed by atoms with Crippen LogP contribution in [0.25, 0.3) is 0 Å². The van der Waals surface area contributed by atoms with Crippen LogP contribution in [0.1, 0.15) is 30.4 Å². The summed E-state index contributed by atoms with van der Waals surface area (Å²) >= 11 is 0. The molecule has 0 radical (unpaired) electrons. The molecule has 0 atom stereocenters. The molecule has 1 nitrogen and oxygen atoms in total. The van der Waals surface area contributed by atoms with Crippen molar-refractivity contribution in [3.05, 3.63) is 84.5 Å². The van der Waals surface area contributed by atoms with E-state index in [-0.39, 0.29) is 0 Å². The summed E-state index contributed by atoms with van der Waals surface area (Å²) in [4.78, 5) is 4.13. The quantitative estimate of drug-likeness (QED) is 0.626. The Morgan fingerprint density at radius 2 is 1.59 bits per heavy atom. The smallest absolute Gasteiger partial charge is 0.0571 e. The number of rotatable bonds is 2. The Morgan fingerprint density at radius 3 is 2.09 bits per heavy atom. The average Bonchev–Trinajstić information content (AvgIpc) is 3.45. The number of allylic oxidation sites excluding steroid dienone is 6. The largest absolute Gasteiger partial charge is 0.289 e. The summed E-state index contributed by atoms with van der Waals surface area (Å²) in [5.74, 6) is 0. The maximum absolute atomic E-state index is 4.13. The van der Waals surface area contributed by atoms with Crippen molar-refractivity contribution in [2.24, 2.45) is 4.99 Å². The van der Waals surface area contributed by atoms with E-state index in [0.717, 1.165) is 12.1 Å². The van der Waals surface area contributed by atoms with Crippen molar-refractivity contribution in [1.82, 2.24) is 0 Å². The zero-order valence-electron chi connectivity index (χ0n) is 13.9. The van der Waals surface area contributed by atoms with E-state index in [2.05, 4.69) is 67.6 Å². The van der Waals surface area contributed by atoms with Crippen LogP contribution in [-0.4, -0.2) is 12.8 Å². The van der Waals surface area contributed by atoms with E-state index in [1.54, 1.807) is 0 Å². The van der Waals surface area contributed by atoms with Gasteiger partial charge in [0.15, 0.2) is 0 Å². The lowest BCUT2D eigenvalue weighted by Gasteiger charge is -2.04. The molecular formula is C21H27N. The minimum absolute atomic E-state index is 0.981. The molecule has 1 aromatic rings. The van der Waals surface area contributed by atoms with Gasteiger partial charge in [0.05, 0.1) is 5.71 Å². The predicted octanol–water partition coefficient (Wildman–Crippen LogP) is 5.63. The van der Waals surface area contributed by atoms with Gasteiger partial charge >= 0.3 is 0 Å². The van der Waals surface area contributed by atoms with Crippen molar-refractivity contribution in [2.45, 2.75) is 32.6 Å². The highest BCUT2D eigenvalue weighted by Crippen LogP contribution is 2.15. The van der Waals surface area contributed by atoms with E-state index in [4.69, 9.17) is 0 Å². The molecule has 0 unspecified atom stereocenters. The second kappa shape index (κ2) is 10.6. The van der Waals surface area contributed by atoms with Crippen molar-refractivity contribution in [3.8, 4) is 0 Å². The maximum Gasteiger partial charge on any atom is 0.0571 e. The van der Waals surface area contributed by atoms with E-state index in [0.29, 0.717) is 0 Å². The fraction of sp³-hybridized carbons (Fsp3) is 0.286. The zero-order chi connectivity index (χ0) is 16.2. The summed E-state index contributed by atoms with van der Waals surface area (Å²) in [5.41, 5.74) is 5.01. The lowest BCUT2D eigenvalue weighted by Crippen LogP contribution is -1.93. The fourth-order valence-corrected chi connectivity index (χ4v) is 1.83. The predicted molar refractivity (Wildman–Crippen MR) is 99.7 cm³/mol. The Bertz CT molecular complexity index is 551. The van der Waals surface area contributed by atoms with Gasteiger partial charge in [0.2, 0.25) is 0 Å². The molecule has 2 aliphatic rings. The minimum atomic E-state index is 0.981. The van der Waals surface area contributed by atoms with E-state index >= 15 is 0 Å². The number of hydrogen-bond donors (Lipinski definition) is 0. The number of aliphatic imine (C=N–C) groups is 1. The molecule has 3 rings (SSSR count). The molecule has 2 aliphatic carbocycles. The number of nitrogens with zero attached hydrogens (tertiary/aromatic N) is 1. The van der Waals surface area contributed by atoms with Crippen molar-refractivity contribution in [2.75, 3.05) is 7.05 Å². The van der Waals surface area contributed by atoms with Gasteiger partial charge < -0.3 is 0 Å². The van der Waals surface area contributed by atoms with Crippen LogP contribution in [0.15, 0.2) is 78.4 Å². The van der Waals surface area contributed by atoms with Crippen molar-refractivity contribution >= 4 is 5.71 Å². The molecule has 0 bridgehead atoms. The number of benzene rings is 1. The normalized spacial score (nSPS) is 14.3. The minimum Gasteiger partial charge on any atom is -0.289 e. The second-order valence-electron chi connectivity index (χ2n) is 5.21. The van der Waals surface area contributed by atoms with Crippen LogP contribution in [0.5, 0.6) is 0 Å².